The van der Waals surface area contributed by atoms with Gasteiger partial charge in [-0.3, -0.25) is 0 Å². The third-order valence-corrected chi connectivity index (χ3v) is 3.44. The van der Waals surface area contributed by atoms with Crippen molar-refractivity contribution >= 4 is 0 Å². The molecule has 0 spiro atoms. The summed E-state index contributed by atoms with van der Waals surface area (Å²) in [5.41, 5.74) is 0. The molecule has 4 unspecified atom stereocenters. The van der Waals surface area contributed by atoms with Crippen molar-refractivity contribution in [3.63, 3.8) is 0 Å². The van der Waals surface area contributed by atoms with Crippen LogP contribution in [-0.2, 0) is 0 Å². The molecule has 4 atom stereocenters. The van der Waals surface area contributed by atoms with Gasteiger partial charge in [0.05, 0.1) is 0 Å². The quantitative estimate of drug-likeness (QED) is 0.467. The standard InChI is InChI=1S/C11H21/c1-8-5-6-9(2)11(4)10(3)7-8/h7-11H,5-6H2,1-4H3. The summed E-state index contributed by atoms with van der Waals surface area (Å²) in [6.45, 7) is 9.50. The average molecular weight is 153 g/mol. The van der Waals surface area contributed by atoms with Crippen molar-refractivity contribution in [2.24, 2.45) is 23.7 Å². The zero-order valence-electron chi connectivity index (χ0n) is 8.30. The molecule has 0 nitrogen and oxygen atoms in total. The van der Waals surface area contributed by atoms with Gasteiger partial charge in [-0.05, 0) is 30.1 Å². The summed E-state index contributed by atoms with van der Waals surface area (Å²) < 4.78 is 0. The van der Waals surface area contributed by atoms with Gasteiger partial charge in [0.2, 0.25) is 0 Å². The van der Waals surface area contributed by atoms with Crippen LogP contribution in [0.15, 0.2) is 0 Å². The predicted octanol–water partition coefficient (Wildman–Crippen LogP) is 3.53. The summed E-state index contributed by atoms with van der Waals surface area (Å²) in [6.07, 6.45) is 5.35. The smallest absolute Gasteiger partial charge is 0.0326 e. The third kappa shape index (κ3) is 2.21. The fourth-order valence-electron chi connectivity index (χ4n) is 2.10. The monoisotopic (exact) mass is 153 g/mol. The number of rotatable bonds is 0. The Labute approximate surface area is 71.4 Å². The summed E-state index contributed by atoms with van der Waals surface area (Å²) in [7, 11) is 0. The molecule has 1 aliphatic carbocycles. The second-order valence-corrected chi connectivity index (χ2v) is 4.44. The summed E-state index contributed by atoms with van der Waals surface area (Å²) in [5.74, 6) is 3.48. The summed E-state index contributed by atoms with van der Waals surface area (Å²) in [4.78, 5) is 0. The van der Waals surface area contributed by atoms with E-state index in [0.717, 1.165) is 23.7 Å². The molecular formula is C11H21. The maximum atomic E-state index is 2.54. The normalized spacial score (nSPS) is 46.9. The van der Waals surface area contributed by atoms with Crippen LogP contribution in [0.3, 0.4) is 0 Å². The van der Waals surface area contributed by atoms with E-state index >= 15 is 0 Å². The van der Waals surface area contributed by atoms with Crippen LogP contribution in [0.5, 0.6) is 0 Å². The van der Waals surface area contributed by atoms with Gasteiger partial charge in [0.15, 0.2) is 0 Å². The molecular weight excluding hydrogens is 132 g/mol. The highest BCUT2D eigenvalue weighted by atomic mass is 14.3. The van der Waals surface area contributed by atoms with Crippen molar-refractivity contribution in [3.8, 4) is 0 Å². The number of hydrogen-bond acceptors (Lipinski definition) is 0. The minimum absolute atomic E-state index is 0.822. The van der Waals surface area contributed by atoms with Gasteiger partial charge in [0, 0.05) is 0 Å². The molecule has 0 heterocycles. The molecule has 1 saturated carbocycles. The van der Waals surface area contributed by atoms with Crippen molar-refractivity contribution < 1.29 is 0 Å². The first-order valence-corrected chi connectivity index (χ1v) is 4.96. The topological polar surface area (TPSA) is 0 Å². The fourth-order valence-corrected chi connectivity index (χ4v) is 2.10. The molecule has 0 aromatic rings. The lowest BCUT2D eigenvalue weighted by Gasteiger charge is -2.22. The maximum absolute atomic E-state index is 2.54. The van der Waals surface area contributed by atoms with Crippen LogP contribution >= 0.6 is 0 Å². The van der Waals surface area contributed by atoms with Crippen molar-refractivity contribution in [1.82, 2.24) is 0 Å². The number of hydrogen-bond donors (Lipinski definition) is 0. The van der Waals surface area contributed by atoms with E-state index in [1.54, 1.807) is 0 Å². The van der Waals surface area contributed by atoms with Gasteiger partial charge in [-0.2, -0.15) is 0 Å². The third-order valence-electron chi connectivity index (χ3n) is 3.44. The van der Waals surface area contributed by atoms with Crippen molar-refractivity contribution in [3.05, 3.63) is 6.42 Å². The minimum atomic E-state index is 0.822. The summed E-state index contributed by atoms with van der Waals surface area (Å²) >= 11 is 0. The molecule has 0 heteroatoms. The van der Waals surface area contributed by atoms with Gasteiger partial charge in [0.25, 0.3) is 0 Å². The van der Waals surface area contributed by atoms with E-state index < -0.39 is 0 Å². The van der Waals surface area contributed by atoms with E-state index in [0.29, 0.717) is 0 Å². The van der Waals surface area contributed by atoms with Gasteiger partial charge in [-0.15, -0.1) is 0 Å². The first-order valence-electron chi connectivity index (χ1n) is 4.96. The van der Waals surface area contributed by atoms with Gasteiger partial charge in [0.1, 0.15) is 0 Å². The molecule has 1 fully saturated rings. The highest BCUT2D eigenvalue weighted by molar-refractivity contribution is 4.87. The Bertz CT molecular complexity index is 117. The Morgan fingerprint density at radius 2 is 1.64 bits per heavy atom. The molecule has 1 rings (SSSR count). The molecule has 0 saturated heterocycles. The van der Waals surface area contributed by atoms with Crippen LogP contribution in [-0.4, -0.2) is 0 Å². The van der Waals surface area contributed by atoms with Crippen molar-refractivity contribution in [2.45, 2.75) is 40.5 Å². The lowest BCUT2D eigenvalue weighted by Crippen LogP contribution is -2.14. The van der Waals surface area contributed by atoms with Crippen LogP contribution in [0.4, 0.5) is 0 Å². The van der Waals surface area contributed by atoms with Crippen LogP contribution in [0.2, 0.25) is 0 Å². The predicted molar refractivity (Wildman–Crippen MR) is 50.2 cm³/mol. The van der Waals surface area contributed by atoms with Crippen LogP contribution in [0, 0.1) is 30.1 Å². The molecule has 11 heavy (non-hydrogen) atoms. The zero-order valence-corrected chi connectivity index (χ0v) is 8.30. The zero-order chi connectivity index (χ0) is 8.43. The fraction of sp³-hybridized carbons (Fsp3) is 0.909. The van der Waals surface area contributed by atoms with Crippen molar-refractivity contribution in [1.29, 1.82) is 0 Å². The van der Waals surface area contributed by atoms with Gasteiger partial charge >= 0.3 is 0 Å². The Hall–Kier alpha value is 0. The van der Waals surface area contributed by atoms with Gasteiger partial charge in [-0.1, -0.05) is 40.5 Å². The van der Waals surface area contributed by atoms with E-state index in [-0.39, 0.29) is 0 Å². The summed E-state index contributed by atoms with van der Waals surface area (Å²) in [6, 6.07) is 0. The molecule has 1 aliphatic rings. The van der Waals surface area contributed by atoms with E-state index in [4.69, 9.17) is 0 Å². The second kappa shape index (κ2) is 3.60. The molecule has 1 radical (unpaired) electrons. The highest BCUT2D eigenvalue weighted by Crippen LogP contribution is 2.34. The first kappa shape index (κ1) is 9.09. The van der Waals surface area contributed by atoms with Gasteiger partial charge < -0.3 is 0 Å². The Kier molecular flexibility index (Phi) is 2.98. The molecule has 65 valence electrons. The van der Waals surface area contributed by atoms with Crippen LogP contribution in [0.1, 0.15) is 40.5 Å². The average Bonchev–Trinajstić information content (AvgIpc) is 2.05. The molecule has 0 amide bonds. The van der Waals surface area contributed by atoms with Crippen LogP contribution in [0.25, 0.3) is 0 Å². The lowest BCUT2D eigenvalue weighted by molar-refractivity contribution is 0.310. The van der Waals surface area contributed by atoms with E-state index in [9.17, 15) is 0 Å². The highest BCUT2D eigenvalue weighted by Gasteiger charge is 2.24. The Morgan fingerprint density at radius 1 is 1.00 bits per heavy atom. The lowest BCUT2D eigenvalue weighted by atomic mass is 9.84. The largest absolute Gasteiger partial charge is 0.0622 e. The molecule has 0 aliphatic heterocycles. The maximum Gasteiger partial charge on any atom is -0.0326 e. The minimum Gasteiger partial charge on any atom is -0.0622 e. The SMILES string of the molecule is CC1[CH]C(C)C(C)C(C)CC1. The van der Waals surface area contributed by atoms with Crippen molar-refractivity contribution in [2.75, 3.05) is 0 Å². The molecule has 0 aromatic heterocycles. The molecule has 0 bridgehead atoms. The summed E-state index contributed by atoms with van der Waals surface area (Å²) in [5, 5.41) is 0. The first-order chi connectivity index (χ1) is 5.11. The second-order valence-electron chi connectivity index (χ2n) is 4.44. The molecule has 0 N–H and O–H groups in total. The van der Waals surface area contributed by atoms with Crippen LogP contribution < -0.4 is 0 Å². The Morgan fingerprint density at radius 3 is 2.27 bits per heavy atom. The van der Waals surface area contributed by atoms with E-state index in [2.05, 4.69) is 34.1 Å². The van der Waals surface area contributed by atoms with E-state index in [1.165, 1.54) is 12.8 Å². The Balaban J connectivity index is 2.53. The van der Waals surface area contributed by atoms with E-state index in [1.807, 2.05) is 0 Å². The van der Waals surface area contributed by atoms with Gasteiger partial charge in [-0.25, -0.2) is 0 Å². The molecule has 0 aromatic carbocycles.